The largest absolute Gasteiger partial charge is 0.539 e. The lowest BCUT2D eigenvalue weighted by atomic mass is 10.2. The van der Waals surface area contributed by atoms with Crippen molar-refractivity contribution < 1.29 is 9.35 Å². The van der Waals surface area contributed by atoms with Crippen molar-refractivity contribution in [2.75, 3.05) is 0 Å². The van der Waals surface area contributed by atoms with Gasteiger partial charge in [0.05, 0.1) is 4.92 Å². The molecule has 6 heteroatoms. The lowest BCUT2D eigenvalue weighted by molar-refractivity contribution is -0.385. The highest BCUT2D eigenvalue weighted by Crippen LogP contribution is 2.41. The number of nitrogens with zero attached hydrogens (tertiary/aromatic N) is 1. The summed E-state index contributed by atoms with van der Waals surface area (Å²) in [5.74, 6) is 0.372. The van der Waals surface area contributed by atoms with Gasteiger partial charge in [0, 0.05) is 10.5 Å². The van der Waals surface area contributed by atoms with Crippen LogP contribution < -0.4 is 4.43 Å². The summed E-state index contributed by atoms with van der Waals surface area (Å²) >= 11 is 3.32. The highest BCUT2D eigenvalue weighted by Gasteiger charge is 2.40. The van der Waals surface area contributed by atoms with E-state index in [2.05, 4.69) is 49.8 Å². The summed E-state index contributed by atoms with van der Waals surface area (Å²) in [6.07, 6.45) is 0. The van der Waals surface area contributed by atoms with Gasteiger partial charge < -0.3 is 4.43 Å². The molecule has 1 rings (SSSR count). The fourth-order valence-electron chi connectivity index (χ4n) is 1.30. The van der Waals surface area contributed by atoms with Crippen LogP contribution in [0.3, 0.4) is 0 Å². The van der Waals surface area contributed by atoms with Crippen LogP contribution in [0.5, 0.6) is 5.75 Å². The van der Waals surface area contributed by atoms with Gasteiger partial charge in [-0.15, -0.1) is 0 Å². The SMILES string of the molecule is Cc1cc(O[Si](C)(C)C(C)(C)C)c([N+](=O)[O-])cc1Br. The standard InChI is InChI=1S/C13H20BrNO3Si/c1-9-7-12(11(15(16)17)8-10(9)14)18-19(5,6)13(2,3)4/h7-8H,1-6H3. The molecule has 0 aromatic heterocycles. The second-order valence-corrected chi connectivity index (χ2v) is 11.8. The van der Waals surface area contributed by atoms with Crippen molar-refractivity contribution in [2.24, 2.45) is 0 Å². The van der Waals surface area contributed by atoms with Gasteiger partial charge in [-0.2, -0.15) is 0 Å². The first kappa shape index (κ1) is 16.2. The summed E-state index contributed by atoms with van der Waals surface area (Å²) in [5, 5.41) is 11.1. The maximum atomic E-state index is 11.1. The number of aryl methyl sites for hydroxylation is 1. The van der Waals surface area contributed by atoms with Gasteiger partial charge in [0.15, 0.2) is 5.75 Å². The van der Waals surface area contributed by atoms with Gasteiger partial charge in [-0.25, -0.2) is 0 Å². The number of halogens is 1. The third-order valence-corrected chi connectivity index (χ3v) is 8.81. The molecule has 0 aliphatic heterocycles. The molecule has 0 saturated carbocycles. The van der Waals surface area contributed by atoms with Crippen molar-refractivity contribution in [3.05, 3.63) is 32.3 Å². The zero-order valence-electron chi connectivity index (χ0n) is 12.2. The number of hydrogen-bond acceptors (Lipinski definition) is 3. The van der Waals surface area contributed by atoms with E-state index < -0.39 is 13.2 Å². The summed E-state index contributed by atoms with van der Waals surface area (Å²) in [6, 6.07) is 3.25. The van der Waals surface area contributed by atoms with Crippen molar-refractivity contribution in [1.82, 2.24) is 0 Å². The molecule has 1 aromatic carbocycles. The predicted molar refractivity (Wildman–Crippen MR) is 83.4 cm³/mol. The van der Waals surface area contributed by atoms with E-state index >= 15 is 0 Å². The van der Waals surface area contributed by atoms with E-state index in [1.54, 1.807) is 6.07 Å². The molecule has 0 atom stereocenters. The molecule has 19 heavy (non-hydrogen) atoms. The molecule has 0 aliphatic carbocycles. The van der Waals surface area contributed by atoms with Crippen molar-refractivity contribution in [1.29, 1.82) is 0 Å². The molecule has 0 saturated heterocycles. The first-order valence-electron chi connectivity index (χ1n) is 6.09. The first-order chi connectivity index (χ1) is 8.45. The average molecular weight is 346 g/mol. The third-order valence-electron chi connectivity index (χ3n) is 3.61. The molecular weight excluding hydrogens is 326 g/mol. The van der Waals surface area contributed by atoms with Crippen molar-refractivity contribution in [3.8, 4) is 5.75 Å². The van der Waals surface area contributed by atoms with Crippen LogP contribution in [-0.4, -0.2) is 13.2 Å². The highest BCUT2D eigenvalue weighted by molar-refractivity contribution is 9.10. The van der Waals surface area contributed by atoms with E-state index in [0.717, 1.165) is 10.0 Å². The molecule has 1 aromatic rings. The van der Waals surface area contributed by atoms with Crippen LogP contribution in [0.15, 0.2) is 16.6 Å². The van der Waals surface area contributed by atoms with Gasteiger partial charge in [-0.05, 0) is 36.7 Å². The third kappa shape index (κ3) is 3.57. The van der Waals surface area contributed by atoms with Crippen LogP contribution in [0.4, 0.5) is 5.69 Å². The molecule has 0 N–H and O–H groups in total. The molecule has 106 valence electrons. The van der Waals surface area contributed by atoms with E-state index in [-0.39, 0.29) is 10.7 Å². The Labute approximate surface area is 123 Å². The molecule has 0 heterocycles. The van der Waals surface area contributed by atoms with Crippen molar-refractivity contribution >= 4 is 29.9 Å². The molecule has 0 radical (unpaired) electrons. The van der Waals surface area contributed by atoms with Crippen LogP contribution >= 0.6 is 15.9 Å². The van der Waals surface area contributed by atoms with Gasteiger partial charge in [0.2, 0.25) is 0 Å². The van der Waals surface area contributed by atoms with E-state index in [1.807, 2.05) is 6.92 Å². The summed E-state index contributed by atoms with van der Waals surface area (Å²) < 4.78 is 6.79. The summed E-state index contributed by atoms with van der Waals surface area (Å²) in [5.41, 5.74) is 0.946. The van der Waals surface area contributed by atoms with Gasteiger partial charge in [0.25, 0.3) is 8.32 Å². The van der Waals surface area contributed by atoms with Crippen LogP contribution in [0.1, 0.15) is 26.3 Å². The lowest BCUT2D eigenvalue weighted by Gasteiger charge is -2.36. The van der Waals surface area contributed by atoms with Gasteiger partial charge in [0.1, 0.15) is 0 Å². The highest BCUT2D eigenvalue weighted by atomic mass is 79.9. The van der Waals surface area contributed by atoms with E-state index in [9.17, 15) is 10.1 Å². The van der Waals surface area contributed by atoms with Crippen molar-refractivity contribution in [2.45, 2.75) is 45.8 Å². The van der Waals surface area contributed by atoms with Gasteiger partial charge in [-0.3, -0.25) is 10.1 Å². The quantitative estimate of drug-likeness (QED) is 0.437. The fraction of sp³-hybridized carbons (Fsp3) is 0.538. The molecule has 0 unspecified atom stereocenters. The topological polar surface area (TPSA) is 52.4 Å². The minimum Gasteiger partial charge on any atom is -0.539 e. The lowest BCUT2D eigenvalue weighted by Crippen LogP contribution is -2.44. The number of rotatable bonds is 3. The summed E-state index contributed by atoms with van der Waals surface area (Å²) in [7, 11) is -2.08. The number of hydrogen-bond donors (Lipinski definition) is 0. The summed E-state index contributed by atoms with van der Waals surface area (Å²) in [6.45, 7) is 12.4. The molecule has 0 spiro atoms. The smallest absolute Gasteiger partial charge is 0.310 e. The van der Waals surface area contributed by atoms with Crippen molar-refractivity contribution in [3.63, 3.8) is 0 Å². The molecular formula is C13H20BrNO3Si. The Morgan fingerprint density at radius 1 is 1.32 bits per heavy atom. The molecule has 0 bridgehead atoms. The Balaban J connectivity index is 3.28. The number of benzene rings is 1. The summed E-state index contributed by atoms with van der Waals surface area (Å²) in [4.78, 5) is 10.7. The monoisotopic (exact) mass is 345 g/mol. The van der Waals surface area contributed by atoms with Crippen LogP contribution in [-0.2, 0) is 0 Å². The van der Waals surface area contributed by atoms with Crippen LogP contribution in [0.25, 0.3) is 0 Å². The maximum absolute atomic E-state index is 11.1. The zero-order valence-corrected chi connectivity index (χ0v) is 14.8. The second-order valence-electron chi connectivity index (χ2n) is 6.19. The molecule has 0 aliphatic rings. The Hall–Kier alpha value is -0.883. The minimum absolute atomic E-state index is 0.00183. The van der Waals surface area contributed by atoms with Gasteiger partial charge >= 0.3 is 5.69 Å². The second kappa shape index (κ2) is 5.24. The number of nitro benzene ring substituents is 1. The van der Waals surface area contributed by atoms with Crippen LogP contribution in [0.2, 0.25) is 18.1 Å². The number of nitro groups is 1. The Bertz CT molecular complexity index is 509. The Morgan fingerprint density at radius 3 is 2.26 bits per heavy atom. The average Bonchev–Trinajstić information content (AvgIpc) is 2.20. The van der Waals surface area contributed by atoms with E-state index in [4.69, 9.17) is 4.43 Å². The van der Waals surface area contributed by atoms with E-state index in [1.165, 1.54) is 6.07 Å². The van der Waals surface area contributed by atoms with Crippen LogP contribution in [0, 0.1) is 17.0 Å². The molecule has 0 amide bonds. The molecule has 0 fully saturated rings. The van der Waals surface area contributed by atoms with Gasteiger partial charge in [-0.1, -0.05) is 36.7 Å². The van der Waals surface area contributed by atoms with E-state index in [0.29, 0.717) is 5.75 Å². The zero-order chi connectivity index (χ0) is 15.0. The Kier molecular flexibility index (Phi) is 4.46. The predicted octanol–water partition coefficient (Wildman–Crippen LogP) is 5.05. The Morgan fingerprint density at radius 2 is 1.84 bits per heavy atom. The fourth-order valence-corrected chi connectivity index (χ4v) is 2.65. The normalized spacial score (nSPS) is 12.4. The molecule has 4 nitrogen and oxygen atoms in total. The minimum atomic E-state index is -2.08. The first-order valence-corrected chi connectivity index (χ1v) is 9.79. The maximum Gasteiger partial charge on any atom is 0.310 e.